The molecule has 1 aliphatic rings. The van der Waals surface area contributed by atoms with Gasteiger partial charge in [-0.15, -0.1) is 21.5 Å². The number of likely N-dealkylation sites (tertiary alicyclic amines) is 1. The third kappa shape index (κ3) is 4.33. The molecule has 0 saturated carbocycles. The van der Waals surface area contributed by atoms with E-state index in [0.717, 1.165) is 48.1 Å². The van der Waals surface area contributed by atoms with Crippen LogP contribution in [0.15, 0.2) is 46.9 Å². The molecule has 1 amide bonds. The number of rotatable bonds is 6. The zero-order valence-corrected chi connectivity index (χ0v) is 18.2. The van der Waals surface area contributed by atoms with Gasteiger partial charge in [-0.2, -0.15) is 0 Å². The second kappa shape index (κ2) is 9.00. The topological polar surface area (TPSA) is 60.2 Å². The van der Waals surface area contributed by atoms with Gasteiger partial charge in [-0.1, -0.05) is 36.9 Å². The van der Waals surface area contributed by atoms with Crippen molar-refractivity contribution in [3.63, 3.8) is 0 Å². The van der Waals surface area contributed by atoms with Crippen molar-refractivity contribution in [2.24, 2.45) is 5.92 Å². The molecule has 0 bridgehead atoms. The fourth-order valence-electron chi connectivity index (χ4n) is 3.44. The second-order valence-corrected chi connectivity index (χ2v) is 9.03. The first-order valence-electron chi connectivity index (χ1n) is 9.70. The summed E-state index contributed by atoms with van der Waals surface area (Å²) in [4.78, 5) is 15.7. The molecule has 1 aromatic carbocycles. The van der Waals surface area contributed by atoms with Crippen molar-refractivity contribution >= 4 is 29.0 Å². The second-order valence-electron chi connectivity index (χ2n) is 7.14. The van der Waals surface area contributed by atoms with E-state index in [4.69, 9.17) is 4.74 Å². The summed E-state index contributed by atoms with van der Waals surface area (Å²) >= 11 is 3.04. The molecule has 0 unspecified atom stereocenters. The van der Waals surface area contributed by atoms with Crippen LogP contribution in [0.4, 0.5) is 0 Å². The van der Waals surface area contributed by atoms with Crippen LogP contribution >= 0.6 is 23.1 Å². The average Bonchev–Trinajstić information content (AvgIpc) is 3.42. The summed E-state index contributed by atoms with van der Waals surface area (Å²) in [6.07, 6.45) is 2.16. The van der Waals surface area contributed by atoms with Crippen LogP contribution in [0, 0.1) is 5.92 Å². The zero-order chi connectivity index (χ0) is 20.2. The standard InChI is InChI=1S/C21H24N4O2S2/c1-15-9-11-24(12-10-15)19(26)14-29-21-23-22-20(18-8-5-13-28-18)25(21)16-6-3-4-7-17(16)27-2/h3-8,13,15H,9-12,14H2,1-2H3. The summed E-state index contributed by atoms with van der Waals surface area (Å²) in [6.45, 7) is 3.94. The SMILES string of the molecule is COc1ccccc1-n1c(SCC(=O)N2CCC(C)CC2)nnc1-c1cccs1. The molecule has 3 aromatic rings. The highest BCUT2D eigenvalue weighted by Gasteiger charge is 2.23. The third-order valence-electron chi connectivity index (χ3n) is 5.16. The highest BCUT2D eigenvalue weighted by Crippen LogP contribution is 2.34. The maximum Gasteiger partial charge on any atom is 0.233 e. The Bertz CT molecular complexity index is 963. The number of thiophene rings is 1. The van der Waals surface area contributed by atoms with Gasteiger partial charge in [-0.3, -0.25) is 9.36 Å². The van der Waals surface area contributed by atoms with E-state index in [9.17, 15) is 4.79 Å². The van der Waals surface area contributed by atoms with Crippen molar-refractivity contribution < 1.29 is 9.53 Å². The van der Waals surface area contributed by atoms with Gasteiger partial charge in [0.05, 0.1) is 23.4 Å². The number of ether oxygens (including phenoxy) is 1. The van der Waals surface area contributed by atoms with Crippen molar-refractivity contribution in [1.82, 2.24) is 19.7 Å². The van der Waals surface area contributed by atoms with Crippen LogP contribution in [0.1, 0.15) is 19.8 Å². The fraction of sp³-hybridized carbons (Fsp3) is 0.381. The predicted octanol–water partition coefficient (Wildman–Crippen LogP) is 4.36. The van der Waals surface area contributed by atoms with Crippen LogP contribution in [0.3, 0.4) is 0 Å². The number of amides is 1. The van der Waals surface area contributed by atoms with Gasteiger partial charge in [0.15, 0.2) is 11.0 Å². The van der Waals surface area contributed by atoms with E-state index in [-0.39, 0.29) is 5.91 Å². The number of benzene rings is 1. The largest absolute Gasteiger partial charge is 0.495 e. The van der Waals surface area contributed by atoms with Crippen LogP contribution in [-0.2, 0) is 4.79 Å². The van der Waals surface area contributed by atoms with E-state index in [1.165, 1.54) is 11.8 Å². The minimum absolute atomic E-state index is 0.161. The van der Waals surface area contributed by atoms with Crippen LogP contribution in [-0.4, -0.2) is 51.5 Å². The third-order valence-corrected chi connectivity index (χ3v) is 6.94. The number of aromatic nitrogens is 3. The Morgan fingerprint density at radius 3 is 2.72 bits per heavy atom. The van der Waals surface area contributed by atoms with Gasteiger partial charge in [0.2, 0.25) is 5.91 Å². The number of hydrogen-bond acceptors (Lipinski definition) is 6. The molecule has 152 valence electrons. The summed E-state index contributed by atoms with van der Waals surface area (Å²) in [5.74, 6) is 2.71. The Morgan fingerprint density at radius 2 is 2.00 bits per heavy atom. The molecule has 1 saturated heterocycles. The lowest BCUT2D eigenvalue weighted by Gasteiger charge is -2.30. The minimum atomic E-state index is 0.161. The molecule has 1 aliphatic heterocycles. The summed E-state index contributed by atoms with van der Waals surface area (Å²) in [7, 11) is 1.65. The van der Waals surface area contributed by atoms with E-state index in [1.54, 1.807) is 18.4 Å². The Labute approximate surface area is 178 Å². The number of nitrogens with zero attached hydrogens (tertiary/aromatic N) is 4. The van der Waals surface area contributed by atoms with E-state index < -0.39 is 0 Å². The number of hydrogen-bond donors (Lipinski definition) is 0. The van der Waals surface area contributed by atoms with Crippen molar-refractivity contribution in [1.29, 1.82) is 0 Å². The van der Waals surface area contributed by atoms with Gasteiger partial charge in [-0.05, 0) is 42.3 Å². The molecule has 6 nitrogen and oxygen atoms in total. The summed E-state index contributed by atoms with van der Waals surface area (Å²) in [5, 5.41) is 11.6. The Hall–Kier alpha value is -2.32. The number of piperidine rings is 1. The quantitative estimate of drug-likeness (QED) is 0.546. The minimum Gasteiger partial charge on any atom is -0.495 e. The Balaban J connectivity index is 1.61. The lowest BCUT2D eigenvalue weighted by molar-refractivity contribution is -0.129. The van der Waals surface area contributed by atoms with E-state index in [0.29, 0.717) is 16.8 Å². The number of thioether (sulfide) groups is 1. The smallest absolute Gasteiger partial charge is 0.233 e. The van der Waals surface area contributed by atoms with Crippen molar-refractivity contribution in [3.8, 4) is 22.1 Å². The van der Waals surface area contributed by atoms with Gasteiger partial charge < -0.3 is 9.64 Å². The van der Waals surface area contributed by atoms with Crippen LogP contribution < -0.4 is 4.74 Å². The van der Waals surface area contributed by atoms with Crippen LogP contribution in [0.25, 0.3) is 16.4 Å². The summed E-state index contributed by atoms with van der Waals surface area (Å²) < 4.78 is 7.56. The number of carbonyl (C=O) groups is 1. The molecule has 0 aliphatic carbocycles. The molecule has 4 rings (SSSR count). The first-order chi connectivity index (χ1) is 14.2. The van der Waals surface area contributed by atoms with Gasteiger partial charge >= 0.3 is 0 Å². The summed E-state index contributed by atoms with van der Waals surface area (Å²) in [6, 6.07) is 11.8. The molecule has 0 radical (unpaired) electrons. The molecule has 3 heterocycles. The summed E-state index contributed by atoms with van der Waals surface area (Å²) in [5.41, 5.74) is 0.866. The van der Waals surface area contributed by atoms with Crippen molar-refractivity contribution in [3.05, 3.63) is 41.8 Å². The highest BCUT2D eigenvalue weighted by molar-refractivity contribution is 7.99. The van der Waals surface area contributed by atoms with Gasteiger partial charge in [0.1, 0.15) is 5.75 Å². The molecule has 0 atom stereocenters. The normalized spacial score (nSPS) is 14.9. The molecule has 29 heavy (non-hydrogen) atoms. The monoisotopic (exact) mass is 428 g/mol. The lowest BCUT2D eigenvalue weighted by Crippen LogP contribution is -2.38. The van der Waals surface area contributed by atoms with E-state index in [2.05, 4.69) is 17.1 Å². The molecule has 8 heteroatoms. The lowest BCUT2D eigenvalue weighted by atomic mass is 9.99. The highest BCUT2D eigenvalue weighted by atomic mass is 32.2. The molecule has 1 fully saturated rings. The number of para-hydroxylation sites is 2. The molecule has 2 aromatic heterocycles. The number of carbonyl (C=O) groups excluding carboxylic acids is 1. The fourth-order valence-corrected chi connectivity index (χ4v) is 4.98. The Kier molecular flexibility index (Phi) is 6.20. The van der Waals surface area contributed by atoms with Crippen molar-refractivity contribution in [2.75, 3.05) is 26.0 Å². The first-order valence-corrected chi connectivity index (χ1v) is 11.6. The molecule has 0 N–H and O–H groups in total. The maximum atomic E-state index is 12.7. The Morgan fingerprint density at radius 1 is 1.21 bits per heavy atom. The van der Waals surface area contributed by atoms with Crippen LogP contribution in [0.2, 0.25) is 0 Å². The zero-order valence-electron chi connectivity index (χ0n) is 16.6. The molecule has 0 spiro atoms. The van der Waals surface area contributed by atoms with E-state index >= 15 is 0 Å². The van der Waals surface area contributed by atoms with Crippen molar-refractivity contribution in [2.45, 2.75) is 24.9 Å². The first kappa shape index (κ1) is 20.0. The van der Waals surface area contributed by atoms with E-state index in [1.807, 2.05) is 51.2 Å². The van der Waals surface area contributed by atoms with Crippen LogP contribution in [0.5, 0.6) is 5.75 Å². The molecular weight excluding hydrogens is 404 g/mol. The van der Waals surface area contributed by atoms with Gasteiger partial charge in [-0.25, -0.2) is 0 Å². The van der Waals surface area contributed by atoms with Gasteiger partial charge in [0, 0.05) is 13.1 Å². The molecular formula is C21H24N4O2S2. The number of methoxy groups -OCH3 is 1. The van der Waals surface area contributed by atoms with Gasteiger partial charge in [0.25, 0.3) is 0 Å². The average molecular weight is 429 g/mol. The predicted molar refractivity (Wildman–Crippen MR) is 117 cm³/mol. The maximum absolute atomic E-state index is 12.7.